The first-order valence-electron chi connectivity index (χ1n) is 3.92. The van der Waals surface area contributed by atoms with Gasteiger partial charge in [0.2, 0.25) is 0 Å². The molecule has 1 aromatic rings. The Morgan fingerprint density at radius 1 is 1.42 bits per heavy atom. The van der Waals surface area contributed by atoms with Crippen LogP contribution in [0.4, 0.5) is 11.4 Å². The van der Waals surface area contributed by atoms with Crippen LogP contribution in [-0.4, -0.2) is 0 Å². The number of nitrogens with two attached hydrogens (primary N) is 1. The van der Waals surface area contributed by atoms with E-state index in [-0.39, 0.29) is 0 Å². The highest BCUT2D eigenvalue weighted by Crippen LogP contribution is 2.28. The first-order valence-corrected chi connectivity index (χ1v) is 3.92. The highest BCUT2D eigenvalue weighted by atomic mass is 14.7. The van der Waals surface area contributed by atoms with Crippen LogP contribution in [0, 0.1) is 6.57 Å². The van der Waals surface area contributed by atoms with Gasteiger partial charge in [-0.15, -0.1) is 0 Å². The fraction of sp³-hybridized carbons (Fsp3) is 0.300. The van der Waals surface area contributed by atoms with Crippen molar-refractivity contribution in [3.05, 3.63) is 35.2 Å². The zero-order chi connectivity index (χ0) is 9.14. The van der Waals surface area contributed by atoms with Crippen molar-refractivity contribution in [1.82, 2.24) is 0 Å². The van der Waals surface area contributed by atoms with E-state index in [1.807, 2.05) is 6.07 Å². The minimum atomic E-state index is 0.359. The van der Waals surface area contributed by atoms with Crippen LogP contribution >= 0.6 is 0 Å². The highest BCUT2D eigenvalue weighted by molar-refractivity contribution is 5.59. The molecule has 0 aliphatic rings. The second-order valence-electron chi connectivity index (χ2n) is 3.08. The number of nitrogen functional groups attached to an aromatic ring is 1. The molecule has 0 amide bonds. The molecule has 0 unspecified atom stereocenters. The molecular weight excluding hydrogens is 148 g/mol. The van der Waals surface area contributed by atoms with Crippen molar-refractivity contribution >= 4 is 11.4 Å². The standard InChI is InChI=1S/C10H12N2/c1-7(2)9-6-8(11)4-5-10(9)12-3/h4-7H,11H2,1-2H3. The Kier molecular flexibility index (Phi) is 2.35. The fourth-order valence-electron chi connectivity index (χ4n) is 1.14. The molecule has 0 radical (unpaired) electrons. The van der Waals surface area contributed by atoms with Crippen LogP contribution in [0.2, 0.25) is 0 Å². The van der Waals surface area contributed by atoms with Crippen molar-refractivity contribution in [3.8, 4) is 0 Å². The summed E-state index contributed by atoms with van der Waals surface area (Å²) in [5.41, 5.74) is 8.08. The molecule has 0 heterocycles. The van der Waals surface area contributed by atoms with Crippen molar-refractivity contribution in [2.24, 2.45) is 0 Å². The number of hydrogen-bond acceptors (Lipinski definition) is 1. The van der Waals surface area contributed by atoms with E-state index in [1.54, 1.807) is 12.1 Å². The average Bonchev–Trinajstić information content (AvgIpc) is 2.04. The minimum Gasteiger partial charge on any atom is -0.399 e. The Balaban J connectivity index is 3.24. The van der Waals surface area contributed by atoms with E-state index in [0.717, 1.165) is 11.3 Å². The van der Waals surface area contributed by atoms with E-state index in [4.69, 9.17) is 12.3 Å². The summed E-state index contributed by atoms with van der Waals surface area (Å²) < 4.78 is 0. The summed E-state index contributed by atoms with van der Waals surface area (Å²) in [4.78, 5) is 3.43. The Bertz CT molecular complexity index is 321. The van der Waals surface area contributed by atoms with Crippen LogP contribution in [-0.2, 0) is 0 Å². The zero-order valence-corrected chi connectivity index (χ0v) is 7.33. The molecule has 0 atom stereocenters. The van der Waals surface area contributed by atoms with Crippen LogP contribution in [0.5, 0.6) is 0 Å². The molecular formula is C10H12N2. The molecule has 2 N–H and O–H groups in total. The first-order chi connectivity index (χ1) is 5.65. The van der Waals surface area contributed by atoms with Gasteiger partial charge in [-0.05, 0) is 23.6 Å². The highest BCUT2D eigenvalue weighted by Gasteiger charge is 2.05. The van der Waals surface area contributed by atoms with Gasteiger partial charge in [0.1, 0.15) is 0 Å². The first kappa shape index (κ1) is 8.61. The fourth-order valence-corrected chi connectivity index (χ4v) is 1.14. The monoisotopic (exact) mass is 160 g/mol. The number of benzene rings is 1. The van der Waals surface area contributed by atoms with Gasteiger partial charge in [0, 0.05) is 5.69 Å². The summed E-state index contributed by atoms with van der Waals surface area (Å²) in [6.45, 7) is 11.1. The lowest BCUT2D eigenvalue weighted by Crippen LogP contribution is -1.91. The topological polar surface area (TPSA) is 30.4 Å². The maximum absolute atomic E-state index is 6.93. The lowest BCUT2D eigenvalue weighted by atomic mass is 10.0. The van der Waals surface area contributed by atoms with Crippen LogP contribution in [0.25, 0.3) is 4.85 Å². The molecule has 12 heavy (non-hydrogen) atoms. The third-order valence-corrected chi connectivity index (χ3v) is 1.79. The summed E-state index contributed by atoms with van der Waals surface area (Å²) in [7, 11) is 0. The lowest BCUT2D eigenvalue weighted by molar-refractivity contribution is 0.872. The summed E-state index contributed by atoms with van der Waals surface area (Å²) in [6, 6.07) is 5.41. The molecule has 0 aromatic heterocycles. The van der Waals surface area contributed by atoms with Gasteiger partial charge in [-0.2, -0.15) is 0 Å². The van der Waals surface area contributed by atoms with Crippen molar-refractivity contribution in [2.45, 2.75) is 19.8 Å². The van der Waals surface area contributed by atoms with Gasteiger partial charge in [0.05, 0.1) is 6.57 Å². The summed E-state index contributed by atoms with van der Waals surface area (Å²) in [5.74, 6) is 0.359. The third-order valence-electron chi connectivity index (χ3n) is 1.79. The molecule has 0 fully saturated rings. The molecule has 0 saturated heterocycles. The van der Waals surface area contributed by atoms with E-state index in [9.17, 15) is 0 Å². The molecule has 1 aromatic carbocycles. The Labute approximate surface area is 72.8 Å². The molecule has 2 nitrogen and oxygen atoms in total. The van der Waals surface area contributed by atoms with E-state index >= 15 is 0 Å². The summed E-state index contributed by atoms with van der Waals surface area (Å²) in [6.07, 6.45) is 0. The SMILES string of the molecule is [C-]#[N+]c1ccc(N)cc1C(C)C. The smallest absolute Gasteiger partial charge is 0.190 e. The van der Waals surface area contributed by atoms with E-state index in [0.29, 0.717) is 11.6 Å². The third kappa shape index (κ3) is 1.57. The van der Waals surface area contributed by atoms with Crippen LogP contribution < -0.4 is 5.73 Å². The van der Waals surface area contributed by atoms with Gasteiger partial charge in [-0.25, -0.2) is 4.85 Å². The quantitative estimate of drug-likeness (QED) is 0.497. The summed E-state index contributed by atoms with van der Waals surface area (Å²) >= 11 is 0. The van der Waals surface area contributed by atoms with Gasteiger partial charge >= 0.3 is 0 Å². The second kappa shape index (κ2) is 3.27. The Hall–Kier alpha value is -1.49. The van der Waals surface area contributed by atoms with Crippen molar-refractivity contribution in [1.29, 1.82) is 0 Å². The number of anilines is 1. The molecule has 0 aliphatic carbocycles. The largest absolute Gasteiger partial charge is 0.399 e. The summed E-state index contributed by atoms with van der Waals surface area (Å²) in [5, 5.41) is 0. The zero-order valence-electron chi connectivity index (χ0n) is 7.33. The Morgan fingerprint density at radius 3 is 2.58 bits per heavy atom. The van der Waals surface area contributed by atoms with Gasteiger partial charge < -0.3 is 5.73 Å². The predicted octanol–water partition coefficient (Wildman–Crippen LogP) is 2.94. The van der Waals surface area contributed by atoms with Crippen LogP contribution in [0.1, 0.15) is 25.3 Å². The molecule has 0 bridgehead atoms. The number of rotatable bonds is 1. The average molecular weight is 160 g/mol. The maximum Gasteiger partial charge on any atom is 0.190 e. The van der Waals surface area contributed by atoms with E-state index < -0.39 is 0 Å². The lowest BCUT2D eigenvalue weighted by Gasteiger charge is -2.08. The van der Waals surface area contributed by atoms with Gasteiger partial charge in [-0.1, -0.05) is 19.9 Å². The molecule has 62 valence electrons. The maximum atomic E-state index is 6.93. The number of nitrogens with zero attached hydrogens (tertiary/aromatic N) is 1. The van der Waals surface area contributed by atoms with Crippen molar-refractivity contribution in [3.63, 3.8) is 0 Å². The molecule has 1 rings (SSSR count). The van der Waals surface area contributed by atoms with Crippen molar-refractivity contribution in [2.75, 3.05) is 5.73 Å². The minimum absolute atomic E-state index is 0.359. The van der Waals surface area contributed by atoms with E-state index in [1.165, 1.54) is 0 Å². The Morgan fingerprint density at radius 2 is 2.08 bits per heavy atom. The molecule has 0 aliphatic heterocycles. The van der Waals surface area contributed by atoms with Gasteiger partial charge in [0.15, 0.2) is 5.69 Å². The predicted molar refractivity (Wildman–Crippen MR) is 51.2 cm³/mol. The van der Waals surface area contributed by atoms with Gasteiger partial charge in [0.25, 0.3) is 0 Å². The molecule has 2 heteroatoms. The van der Waals surface area contributed by atoms with Crippen molar-refractivity contribution < 1.29 is 0 Å². The normalized spacial score (nSPS) is 9.83. The molecule has 0 spiro atoms. The van der Waals surface area contributed by atoms with Gasteiger partial charge in [-0.3, -0.25) is 0 Å². The van der Waals surface area contributed by atoms with E-state index in [2.05, 4.69) is 18.7 Å². The second-order valence-corrected chi connectivity index (χ2v) is 3.08. The van der Waals surface area contributed by atoms with Crippen LogP contribution in [0.3, 0.4) is 0 Å². The molecule has 0 saturated carbocycles. The van der Waals surface area contributed by atoms with Crippen LogP contribution in [0.15, 0.2) is 18.2 Å². The number of hydrogen-bond donors (Lipinski definition) is 1.